The summed E-state index contributed by atoms with van der Waals surface area (Å²) in [6, 6.07) is 13.9. The molecule has 3 rings (SSSR count). The zero-order valence-corrected chi connectivity index (χ0v) is 12.0. The Morgan fingerprint density at radius 2 is 1.90 bits per heavy atom. The van der Waals surface area contributed by atoms with Crippen LogP contribution in [0.3, 0.4) is 0 Å². The Bertz CT molecular complexity index is 800. The van der Waals surface area contributed by atoms with Crippen molar-refractivity contribution in [2.45, 2.75) is 6.54 Å². The standard InChI is InChI=1S/C16H17N3O2/c1-19(2)13-6-3-11(4-7-13)10-17-12-5-8-15-14(9-12)18-16(20)21-15/h3-9,17H,10H2,1-2H3,(H,18,20). The van der Waals surface area contributed by atoms with Crippen molar-refractivity contribution in [3.63, 3.8) is 0 Å². The Hall–Kier alpha value is -2.69. The van der Waals surface area contributed by atoms with Crippen molar-refractivity contribution >= 4 is 22.5 Å². The average molecular weight is 283 g/mol. The highest BCUT2D eigenvalue weighted by atomic mass is 16.4. The van der Waals surface area contributed by atoms with Gasteiger partial charge in [-0.1, -0.05) is 12.1 Å². The van der Waals surface area contributed by atoms with Crippen molar-refractivity contribution in [2.75, 3.05) is 24.3 Å². The van der Waals surface area contributed by atoms with Crippen LogP contribution in [0.4, 0.5) is 11.4 Å². The lowest BCUT2D eigenvalue weighted by Gasteiger charge is -2.13. The van der Waals surface area contributed by atoms with Crippen LogP contribution in [0.1, 0.15) is 5.56 Å². The molecule has 2 aromatic carbocycles. The third kappa shape index (κ3) is 2.91. The van der Waals surface area contributed by atoms with E-state index in [1.54, 1.807) is 6.07 Å². The van der Waals surface area contributed by atoms with Crippen LogP contribution >= 0.6 is 0 Å². The van der Waals surface area contributed by atoms with E-state index in [1.165, 1.54) is 11.3 Å². The largest absolute Gasteiger partial charge is 0.417 e. The number of nitrogens with zero attached hydrogens (tertiary/aromatic N) is 1. The lowest BCUT2D eigenvalue weighted by Crippen LogP contribution is -2.08. The topological polar surface area (TPSA) is 61.3 Å². The van der Waals surface area contributed by atoms with Crippen molar-refractivity contribution in [1.29, 1.82) is 0 Å². The Morgan fingerprint density at radius 1 is 1.14 bits per heavy atom. The van der Waals surface area contributed by atoms with Crippen molar-refractivity contribution in [3.05, 3.63) is 58.6 Å². The van der Waals surface area contributed by atoms with Crippen molar-refractivity contribution in [2.24, 2.45) is 0 Å². The molecule has 0 saturated heterocycles. The maximum Gasteiger partial charge on any atom is 0.417 e. The second-order valence-electron chi connectivity index (χ2n) is 5.14. The van der Waals surface area contributed by atoms with E-state index in [2.05, 4.69) is 39.5 Å². The molecule has 5 heteroatoms. The fourth-order valence-electron chi connectivity index (χ4n) is 2.18. The highest BCUT2D eigenvalue weighted by Gasteiger charge is 2.02. The first-order valence-corrected chi connectivity index (χ1v) is 6.75. The van der Waals surface area contributed by atoms with Gasteiger partial charge in [-0.25, -0.2) is 4.79 Å². The monoisotopic (exact) mass is 283 g/mol. The SMILES string of the molecule is CN(C)c1ccc(CNc2ccc3oc(=O)[nH]c3c2)cc1. The molecule has 0 spiro atoms. The Balaban J connectivity index is 1.72. The summed E-state index contributed by atoms with van der Waals surface area (Å²) < 4.78 is 4.98. The summed E-state index contributed by atoms with van der Waals surface area (Å²) in [6.07, 6.45) is 0. The van der Waals surface area contributed by atoms with Gasteiger partial charge in [-0.15, -0.1) is 0 Å². The molecule has 0 aliphatic carbocycles. The van der Waals surface area contributed by atoms with Gasteiger partial charge in [0, 0.05) is 32.0 Å². The number of fused-ring (bicyclic) bond motifs is 1. The van der Waals surface area contributed by atoms with E-state index >= 15 is 0 Å². The van der Waals surface area contributed by atoms with E-state index in [0.717, 1.165) is 12.2 Å². The number of hydrogen-bond acceptors (Lipinski definition) is 4. The van der Waals surface area contributed by atoms with Gasteiger partial charge in [0.05, 0.1) is 5.52 Å². The predicted molar refractivity (Wildman–Crippen MR) is 84.9 cm³/mol. The summed E-state index contributed by atoms with van der Waals surface area (Å²) in [5.41, 5.74) is 4.59. The fourth-order valence-corrected chi connectivity index (χ4v) is 2.18. The molecule has 2 N–H and O–H groups in total. The molecule has 0 fully saturated rings. The number of oxazole rings is 1. The molecule has 0 aliphatic rings. The van der Waals surface area contributed by atoms with Crippen LogP contribution < -0.4 is 16.0 Å². The van der Waals surface area contributed by atoms with Crippen LogP contribution in [0.5, 0.6) is 0 Å². The molecule has 0 bridgehead atoms. The van der Waals surface area contributed by atoms with Gasteiger partial charge in [0.2, 0.25) is 0 Å². The number of nitrogens with one attached hydrogen (secondary N) is 2. The van der Waals surface area contributed by atoms with Crippen LogP contribution in [-0.4, -0.2) is 19.1 Å². The number of anilines is 2. The summed E-state index contributed by atoms with van der Waals surface area (Å²) in [6.45, 7) is 0.724. The quantitative estimate of drug-likeness (QED) is 0.773. The first-order chi connectivity index (χ1) is 10.1. The molecule has 1 heterocycles. The van der Waals surface area contributed by atoms with Crippen molar-refractivity contribution < 1.29 is 4.42 Å². The molecule has 0 radical (unpaired) electrons. The van der Waals surface area contributed by atoms with Gasteiger partial charge >= 0.3 is 5.76 Å². The van der Waals surface area contributed by atoms with E-state index in [1.807, 2.05) is 26.2 Å². The summed E-state index contributed by atoms with van der Waals surface area (Å²) in [7, 11) is 4.04. The third-order valence-electron chi connectivity index (χ3n) is 3.37. The number of rotatable bonds is 4. The summed E-state index contributed by atoms with van der Waals surface area (Å²) in [4.78, 5) is 15.8. The van der Waals surface area contributed by atoms with Crippen LogP contribution in [0.15, 0.2) is 51.7 Å². The van der Waals surface area contributed by atoms with E-state index in [4.69, 9.17) is 4.42 Å². The molecule has 0 unspecified atom stereocenters. The highest BCUT2D eigenvalue weighted by Crippen LogP contribution is 2.18. The molecule has 0 amide bonds. The minimum Gasteiger partial charge on any atom is -0.408 e. The lowest BCUT2D eigenvalue weighted by molar-refractivity contribution is 0.555. The van der Waals surface area contributed by atoms with Gasteiger partial charge in [0.1, 0.15) is 0 Å². The summed E-state index contributed by atoms with van der Waals surface area (Å²) in [5, 5.41) is 3.33. The van der Waals surface area contributed by atoms with Crippen molar-refractivity contribution in [3.8, 4) is 0 Å². The summed E-state index contributed by atoms with van der Waals surface area (Å²) in [5.74, 6) is -0.429. The highest BCUT2D eigenvalue weighted by molar-refractivity contribution is 5.76. The average Bonchev–Trinajstić information content (AvgIpc) is 2.84. The number of hydrogen-bond donors (Lipinski definition) is 2. The molecule has 3 aromatic rings. The molecule has 108 valence electrons. The minimum absolute atomic E-state index is 0.429. The van der Waals surface area contributed by atoms with Crippen LogP contribution in [0, 0.1) is 0 Å². The number of aromatic amines is 1. The van der Waals surface area contributed by atoms with E-state index in [9.17, 15) is 4.79 Å². The normalized spacial score (nSPS) is 10.8. The maximum atomic E-state index is 11.1. The first kappa shape index (κ1) is 13.3. The summed E-state index contributed by atoms with van der Waals surface area (Å²) >= 11 is 0. The van der Waals surface area contributed by atoms with E-state index in [0.29, 0.717) is 11.1 Å². The van der Waals surface area contributed by atoms with Gasteiger partial charge in [0.25, 0.3) is 0 Å². The molecule has 0 atom stereocenters. The maximum absolute atomic E-state index is 11.1. The fraction of sp³-hybridized carbons (Fsp3) is 0.188. The predicted octanol–water partition coefficient (Wildman–Crippen LogP) is 2.80. The van der Waals surface area contributed by atoms with Gasteiger partial charge in [0.15, 0.2) is 5.58 Å². The van der Waals surface area contributed by atoms with Gasteiger partial charge in [-0.3, -0.25) is 4.98 Å². The minimum atomic E-state index is -0.429. The number of benzene rings is 2. The molecule has 21 heavy (non-hydrogen) atoms. The second-order valence-corrected chi connectivity index (χ2v) is 5.14. The second kappa shape index (κ2) is 5.36. The molecule has 0 saturated carbocycles. The molecule has 5 nitrogen and oxygen atoms in total. The Labute approximate surface area is 122 Å². The molecule has 1 aromatic heterocycles. The molecular formula is C16H17N3O2. The van der Waals surface area contributed by atoms with Gasteiger partial charge in [-0.2, -0.15) is 0 Å². The van der Waals surface area contributed by atoms with Gasteiger partial charge < -0.3 is 14.6 Å². The third-order valence-corrected chi connectivity index (χ3v) is 3.37. The van der Waals surface area contributed by atoms with Crippen LogP contribution in [-0.2, 0) is 6.54 Å². The zero-order valence-electron chi connectivity index (χ0n) is 12.0. The van der Waals surface area contributed by atoms with Crippen LogP contribution in [0.25, 0.3) is 11.1 Å². The molecule has 0 aliphatic heterocycles. The van der Waals surface area contributed by atoms with Crippen LogP contribution in [0.2, 0.25) is 0 Å². The van der Waals surface area contributed by atoms with E-state index in [-0.39, 0.29) is 0 Å². The number of aromatic nitrogens is 1. The van der Waals surface area contributed by atoms with Crippen molar-refractivity contribution in [1.82, 2.24) is 4.98 Å². The number of H-pyrrole nitrogens is 1. The molecular weight excluding hydrogens is 266 g/mol. The lowest BCUT2D eigenvalue weighted by atomic mass is 10.2. The van der Waals surface area contributed by atoms with Gasteiger partial charge in [-0.05, 0) is 35.9 Å². The Morgan fingerprint density at radius 3 is 2.62 bits per heavy atom. The van der Waals surface area contributed by atoms with E-state index < -0.39 is 5.76 Å². The Kier molecular flexibility index (Phi) is 3.39. The zero-order chi connectivity index (χ0) is 14.8. The smallest absolute Gasteiger partial charge is 0.408 e. The first-order valence-electron chi connectivity index (χ1n) is 6.75.